The summed E-state index contributed by atoms with van der Waals surface area (Å²) in [6.45, 7) is 3.98. The van der Waals surface area contributed by atoms with Crippen LogP contribution in [-0.4, -0.2) is 22.7 Å². The number of hydrogen-bond acceptors (Lipinski definition) is 2. The van der Waals surface area contributed by atoms with Gasteiger partial charge in [-0.15, -0.1) is 0 Å². The van der Waals surface area contributed by atoms with E-state index in [4.69, 9.17) is 0 Å². The monoisotopic (exact) mass is 377 g/mol. The first-order chi connectivity index (χ1) is 10.8. The zero-order chi connectivity index (χ0) is 16.4. The molecule has 0 spiro atoms. The minimum atomic E-state index is -0.443. The van der Waals surface area contributed by atoms with Crippen molar-refractivity contribution in [3.8, 4) is 0 Å². The number of rotatable bonds is 2. The topological polar surface area (TPSA) is 49.3 Å². The van der Waals surface area contributed by atoms with E-state index in [1.807, 2.05) is 26.0 Å². The SMILES string of the molecule is Cc1cc(Br)cc(C)c1C(=O)N[C@H]1C2CC3CC1C[C@](O)(C3)C2. The highest BCUT2D eigenvalue weighted by molar-refractivity contribution is 9.10. The van der Waals surface area contributed by atoms with Gasteiger partial charge in [-0.05, 0) is 87.0 Å². The number of nitrogens with one attached hydrogen (secondary N) is 1. The second kappa shape index (κ2) is 5.32. The normalized spacial score (nSPS) is 37.9. The Morgan fingerprint density at radius 2 is 1.74 bits per heavy atom. The van der Waals surface area contributed by atoms with Crippen LogP contribution in [0.15, 0.2) is 16.6 Å². The van der Waals surface area contributed by atoms with E-state index < -0.39 is 5.60 Å². The van der Waals surface area contributed by atoms with Crippen LogP contribution in [0.1, 0.15) is 53.6 Å². The van der Waals surface area contributed by atoms with Crippen molar-refractivity contribution in [3.05, 3.63) is 33.3 Å². The van der Waals surface area contributed by atoms with Crippen LogP contribution in [0.3, 0.4) is 0 Å². The summed E-state index contributed by atoms with van der Waals surface area (Å²) >= 11 is 3.49. The third-order valence-corrected chi connectivity index (χ3v) is 6.72. The fourth-order valence-electron chi connectivity index (χ4n) is 5.71. The van der Waals surface area contributed by atoms with Gasteiger partial charge in [0.25, 0.3) is 5.91 Å². The molecule has 2 atom stereocenters. The molecule has 1 aromatic carbocycles. The van der Waals surface area contributed by atoms with Crippen molar-refractivity contribution in [2.24, 2.45) is 17.8 Å². The molecule has 0 aromatic heterocycles. The highest BCUT2D eigenvalue weighted by Gasteiger charge is 2.55. The molecule has 4 heteroatoms. The number of benzene rings is 1. The van der Waals surface area contributed by atoms with Gasteiger partial charge >= 0.3 is 0 Å². The van der Waals surface area contributed by atoms with Gasteiger partial charge in [0, 0.05) is 16.1 Å². The maximum absolute atomic E-state index is 12.9. The molecule has 0 aliphatic heterocycles. The summed E-state index contributed by atoms with van der Waals surface area (Å²) in [7, 11) is 0. The minimum absolute atomic E-state index is 0.0527. The zero-order valence-corrected chi connectivity index (χ0v) is 15.3. The summed E-state index contributed by atoms with van der Waals surface area (Å²) in [4.78, 5) is 12.9. The number of amides is 1. The third-order valence-electron chi connectivity index (χ3n) is 6.26. The van der Waals surface area contributed by atoms with Crippen molar-refractivity contribution in [3.63, 3.8) is 0 Å². The van der Waals surface area contributed by atoms with E-state index in [9.17, 15) is 9.90 Å². The second-order valence-electron chi connectivity index (χ2n) is 8.11. The quantitative estimate of drug-likeness (QED) is 0.824. The van der Waals surface area contributed by atoms with Gasteiger partial charge in [-0.1, -0.05) is 15.9 Å². The first-order valence-corrected chi connectivity index (χ1v) is 9.44. The van der Waals surface area contributed by atoms with Crippen LogP contribution in [0.4, 0.5) is 0 Å². The van der Waals surface area contributed by atoms with Gasteiger partial charge in [0.1, 0.15) is 0 Å². The summed E-state index contributed by atoms with van der Waals surface area (Å²) in [5.41, 5.74) is 2.38. The lowest BCUT2D eigenvalue weighted by Gasteiger charge is -2.58. The van der Waals surface area contributed by atoms with Gasteiger partial charge in [0.15, 0.2) is 0 Å². The molecule has 3 nitrogen and oxygen atoms in total. The van der Waals surface area contributed by atoms with Gasteiger partial charge in [-0.3, -0.25) is 4.79 Å². The van der Waals surface area contributed by atoms with Crippen molar-refractivity contribution < 1.29 is 9.90 Å². The van der Waals surface area contributed by atoms with Crippen LogP contribution in [-0.2, 0) is 0 Å². The second-order valence-corrected chi connectivity index (χ2v) is 9.02. The Hall–Kier alpha value is -0.870. The number of carbonyl (C=O) groups excluding carboxylic acids is 1. The molecule has 23 heavy (non-hydrogen) atoms. The summed E-state index contributed by atoms with van der Waals surface area (Å²) in [6, 6.07) is 4.24. The summed E-state index contributed by atoms with van der Waals surface area (Å²) in [5, 5.41) is 14.0. The van der Waals surface area contributed by atoms with E-state index in [1.54, 1.807) is 0 Å². The van der Waals surface area contributed by atoms with Crippen LogP contribution in [0, 0.1) is 31.6 Å². The molecule has 124 valence electrons. The van der Waals surface area contributed by atoms with E-state index in [1.165, 1.54) is 12.8 Å². The predicted octanol–water partition coefficient (Wildman–Crippen LogP) is 3.74. The van der Waals surface area contributed by atoms with Crippen LogP contribution in [0.2, 0.25) is 0 Å². The van der Waals surface area contributed by atoms with Crippen molar-refractivity contribution in [1.82, 2.24) is 5.32 Å². The molecule has 0 radical (unpaired) electrons. The molecular formula is C19H24BrNO2. The highest BCUT2D eigenvalue weighted by Crippen LogP contribution is 2.55. The molecule has 1 aromatic rings. The Morgan fingerprint density at radius 3 is 2.26 bits per heavy atom. The molecule has 2 N–H and O–H groups in total. The number of aryl methyl sites for hydroxylation is 2. The number of halogens is 1. The number of carbonyl (C=O) groups is 1. The van der Waals surface area contributed by atoms with Crippen LogP contribution in [0.5, 0.6) is 0 Å². The molecular weight excluding hydrogens is 354 g/mol. The molecule has 1 amide bonds. The first kappa shape index (κ1) is 15.6. The van der Waals surface area contributed by atoms with Crippen LogP contribution in [0.25, 0.3) is 0 Å². The Labute approximate surface area is 146 Å². The van der Waals surface area contributed by atoms with E-state index in [0.717, 1.165) is 40.4 Å². The zero-order valence-electron chi connectivity index (χ0n) is 13.7. The average Bonchev–Trinajstić information content (AvgIpc) is 2.39. The Morgan fingerprint density at radius 1 is 1.17 bits per heavy atom. The summed E-state index contributed by atoms with van der Waals surface area (Å²) in [5.74, 6) is 1.62. The van der Waals surface area contributed by atoms with Gasteiger partial charge in [-0.2, -0.15) is 0 Å². The largest absolute Gasteiger partial charge is 0.390 e. The highest BCUT2D eigenvalue weighted by atomic mass is 79.9. The lowest BCUT2D eigenvalue weighted by atomic mass is 9.52. The van der Waals surface area contributed by atoms with Gasteiger partial charge in [-0.25, -0.2) is 0 Å². The van der Waals surface area contributed by atoms with Crippen molar-refractivity contribution in [2.45, 2.75) is 57.6 Å². The van der Waals surface area contributed by atoms with Gasteiger partial charge in [0.2, 0.25) is 0 Å². The Kier molecular flexibility index (Phi) is 3.62. The number of hydrogen-bond donors (Lipinski definition) is 2. The molecule has 0 heterocycles. The number of aliphatic hydroxyl groups is 1. The molecule has 4 aliphatic rings. The molecule has 5 rings (SSSR count). The molecule has 4 aliphatic carbocycles. The lowest BCUT2D eigenvalue weighted by molar-refractivity contribution is -0.136. The fourth-order valence-corrected chi connectivity index (χ4v) is 6.40. The van der Waals surface area contributed by atoms with Crippen molar-refractivity contribution >= 4 is 21.8 Å². The minimum Gasteiger partial charge on any atom is -0.390 e. The predicted molar refractivity (Wildman–Crippen MR) is 93.4 cm³/mol. The fraction of sp³-hybridized carbons (Fsp3) is 0.632. The van der Waals surface area contributed by atoms with E-state index in [0.29, 0.717) is 17.8 Å². The standard InChI is InChI=1S/C19H24BrNO2/c1-10-3-15(20)4-11(2)16(10)18(22)21-17-13-5-12-6-14(17)9-19(23,7-12)8-13/h3-4,12-14,17,23H,5-9H2,1-2H3,(H,21,22)/t12?,13?,14?,17-,19-. The Bertz CT molecular complexity index is 632. The summed E-state index contributed by atoms with van der Waals surface area (Å²) < 4.78 is 1.01. The molecule has 4 fully saturated rings. The smallest absolute Gasteiger partial charge is 0.252 e. The van der Waals surface area contributed by atoms with E-state index in [2.05, 4.69) is 21.2 Å². The molecule has 4 saturated carbocycles. The van der Waals surface area contributed by atoms with Crippen molar-refractivity contribution in [1.29, 1.82) is 0 Å². The maximum Gasteiger partial charge on any atom is 0.252 e. The van der Waals surface area contributed by atoms with Gasteiger partial charge in [0.05, 0.1) is 5.60 Å². The van der Waals surface area contributed by atoms with E-state index >= 15 is 0 Å². The Balaban J connectivity index is 1.56. The average molecular weight is 378 g/mol. The molecule has 4 bridgehead atoms. The van der Waals surface area contributed by atoms with E-state index in [-0.39, 0.29) is 11.9 Å². The van der Waals surface area contributed by atoms with Crippen LogP contribution < -0.4 is 5.32 Å². The summed E-state index contributed by atoms with van der Waals surface area (Å²) in [6.07, 6.45) is 5.04. The third kappa shape index (κ3) is 2.64. The lowest BCUT2D eigenvalue weighted by Crippen LogP contribution is -2.61. The molecule has 0 saturated heterocycles. The van der Waals surface area contributed by atoms with Crippen LogP contribution >= 0.6 is 15.9 Å². The molecule has 2 unspecified atom stereocenters. The first-order valence-electron chi connectivity index (χ1n) is 8.65. The maximum atomic E-state index is 12.9. The van der Waals surface area contributed by atoms with Crippen molar-refractivity contribution in [2.75, 3.05) is 0 Å². The van der Waals surface area contributed by atoms with Gasteiger partial charge < -0.3 is 10.4 Å².